The maximum atomic E-state index is 12.6. The number of amides is 2. The lowest BCUT2D eigenvalue weighted by molar-refractivity contribution is 0.0965. The lowest BCUT2D eigenvalue weighted by Crippen LogP contribution is -2.13. The normalized spacial score (nSPS) is 12.7. The molecule has 0 fully saturated rings. The molecule has 29 heavy (non-hydrogen) atoms. The van der Waals surface area contributed by atoms with Crippen LogP contribution in [0.4, 0.5) is 5.69 Å². The number of aromatic nitrogens is 1. The first kappa shape index (κ1) is 17.5. The summed E-state index contributed by atoms with van der Waals surface area (Å²) in [7, 11) is 0. The van der Waals surface area contributed by atoms with Crippen molar-refractivity contribution in [3.05, 3.63) is 88.4 Å². The highest BCUT2D eigenvalue weighted by Gasteiger charge is 2.26. The fourth-order valence-corrected chi connectivity index (χ4v) is 3.90. The molecule has 2 amide bonds. The van der Waals surface area contributed by atoms with Crippen LogP contribution in [0.2, 0.25) is 5.02 Å². The fourth-order valence-electron chi connectivity index (χ4n) is 3.68. The van der Waals surface area contributed by atoms with Gasteiger partial charge in [-0.15, -0.1) is 0 Å². The van der Waals surface area contributed by atoms with E-state index < -0.39 is 0 Å². The van der Waals surface area contributed by atoms with Crippen molar-refractivity contribution in [1.82, 2.24) is 10.3 Å². The van der Waals surface area contributed by atoms with Crippen molar-refractivity contribution >= 4 is 40.0 Å². The third-order valence-electron chi connectivity index (χ3n) is 5.11. The Kier molecular flexibility index (Phi) is 4.11. The van der Waals surface area contributed by atoms with E-state index in [9.17, 15) is 9.59 Å². The van der Waals surface area contributed by atoms with E-state index in [0.717, 1.165) is 33.4 Å². The molecule has 4 aromatic rings. The molecule has 0 saturated heterocycles. The van der Waals surface area contributed by atoms with E-state index in [2.05, 4.69) is 15.6 Å². The summed E-state index contributed by atoms with van der Waals surface area (Å²) in [5, 5.41) is 7.19. The number of anilines is 1. The standard InChI is InChI=1S/C23H16ClN3O2/c24-18-8-7-16(21-17(18)12-25-23(21)29)20-11-14-10-13(6-9-19(14)27-20)22(28)26-15-4-2-1-3-5-15/h1-11,27H,12H2,(H,25,29)(H,26,28). The van der Waals surface area contributed by atoms with E-state index in [1.54, 1.807) is 12.1 Å². The third-order valence-corrected chi connectivity index (χ3v) is 5.47. The van der Waals surface area contributed by atoms with Crippen molar-refractivity contribution in [2.24, 2.45) is 0 Å². The summed E-state index contributed by atoms with van der Waals surface area (Å²) in [4.78, 5) is 28.2. The molecule has 0 radical (unpaired) electrons. The highest BCUT2D eigenvalue weighted by atomic mass is 35.5. The van der Waals surface area contributed by atoms with Gasteiger partial charge >= 0.3 is 0 Å². The van der Waals surface area contributed by atoms with E-state index in [1.165, 1.54) is 0 Å². The van der Waals surface area contributed by atoms with Gasteiger partial charge in [-0.25, -0.2) is 0 Å². The lowest BCUT2D eigenvalue weighted by Gasteiger charge is -2.06. The molecule has 142 valence electrons. The van der Waals surface area contributed by atoms with Crippen LogP contribution in [0.5, 0.6) is 0 Å². The topological polar surface area (TPSA) is 74.0 Å². The van der Waals surface area contributed by atoms with E-state index in [0.29, 0.717) is 22.7 Å². The number of H-pyrrole nitrogens is 1. The molecule has 1 aromatic heterocycles. The van der Waals surface area contributed by atoms with Crippen molar-refractivity contribution in [3.63, 3.8) is 0 Å². The van der Waals surface area contributed by atoms with Gasteiger partial charge in [0.05, 0.1) is 5.56 Å². The molecular formula is C23H16ClN3O2. The number of hydrogen-bond acceptors (Lipinski definition) is 2. The average Bonchev–Trinajstić information content (AvgIpc) is 3.33. The molecule has 0 aliphatic carbocycles. The molecule has 5 rings (SSSR count). The number of benzene rings is 3. The van der Waals surface area contributed by atoms with Gasteiger partial charge in [-0.05, 0) is 42.5 Å². The molecule has 0 unspecified atom stereocenters. The van der Waals surface area contributed by atoms with Gasteiger partial charge in [0.1, 0.15) is 0 Å². The minimum atomic E-state index is -0.174. The van der Waals surface area contributed by atoms with Crippen LogP contribution >= 0.6 is 11.6 Å². The van der Waals surface area contributed by atoms with Crippen molar-refractivity contribution in [3.8, 4) is 11.3 Å². The molecule has 0 spiro atoms. The van der Waals surface area contributed by atoms with E-state index in [4.69, 9.17) is 11.6 Å². The summed E-state index contributed by atoms with van der Waals surface area (Å²) >= 11 is 6.25. The van der Waals surface area contributed by atoms with Crippen LogP contribution in [0.15, 0.2) is 66.7 Å². The first-order valence-electron chi connectivity index (χ1n) is 9.19. The summed E-state index contributed by atoms with van der Waals surface area (Å²) in [5.41, 5.74) is 5.22. The Morgan fingerprint density at radius 2 is 1.83 bits per heavy atom. The second-order valence-electron chi connectivity index (χ2n) is 6.94. The summed E-state index contributed by atoms with van der Waals surface area (Å²) in [5.74, 6) is -0.299. The molecule has 1 aliphatic heterocycles. The van der Waals surface area contributed by atoms with Gasteiger partial charge in [-0.2, -0.15) is 0 Å². The zero-order chi connectivity index (χ0) is 20.0. The van der Waals surface area contributed by atoms with Gasteiger partial charge in [-0.3, -0.25) is 9.59 Å². The van der Waals surface area contributed by atoms with Crippen molar-refractivity contribution in [2.75, 3.05) is 5.32 Å². The Morgan fingerprint density at radius 1 is 1.00 bits per heavy atom. The van der Waals surface area contributed by atoms with Crippen molar-refractivity contribution in [1.29, 1.82) is 0 Å². The predicted octanol–water partition coefficient (Wildman–Crippen LogP) is 4.98. The summed E-state index contributed by atoms with van der Waals surface area (Å²) in [6.45, 7) is 0.435. The molecule has 3 aromatic carbocycles. The Morgan fingerprint density at radius 3 is 2.66 bits per heavy atom. The minimum absolute atomic E-state index is 0.126. The highest BCUT2D eigenvalue weighted by Crippen LogP contribution is 2.34. The van der Waals surface area contributed by atoms with Crippen LogP contribution in [-0.4, -0.2) is 16.8 Å². The molecule has 1 aliphatic rings. The maximum absolute atomic E-state index is 12.6. The molecule has 6 heteroatoms. The van der Waals surface area contributed by atoms with Crippen LogP contribution in [0.1, 0.15) is 26.3 Å². The van der Waals surface area contributed by atoms with E-state index >= 15 is 0 Å². The molecule has 0 bridgehead atoms. The summed E-state index contributed by atoms with van der Waals surface area (Å²) in [6, 6.07) is 20.4. The SMILES string of the molecule is O=C(Nc1ccccc1)c1ccc2[nH]c(-c3ccc(Cl)c4c3C(=O)NC4)cc2c1. The Bertz CT molecular complexity index is 1280. The monoisotopic (exact) mass is 401 g/mol. The van der Waals surface area contributed by atoms with Crippen molar-refractivity contribution in [2.45, 2.75) is 6.54 Å². The van der Waals surface area contributed by atoms with Gasteiger partial charge in [0, 0.05) is 50.5 Å². The Labute approximate surface area is 171 Å². The van der Waals surface area contributed by atoms with Crippen LogP contribution in [-0.2, 0) is 6.54 Å². The maximum Gasteiger partial charge on any atom is 0.255 e. The second-order valence-corrected chi connectivity index (χ2v) is 7.34. The molecule has 0 atom stereocenters. The van der Waals surface area contributed by atoms with E-state index in [1.807, 2.05) is 54.6 Å². The number of para-hydroxylation sites is 1. The quantitative estimate of drug-likeness (QED) is 0.452. The van der Waals surface area contributed by atoms with Gasteiger partial charge in [-0.1, -0.05) is 35.9 Å². The Hall–Kier alpha value is -3.57. The van der Waals surface area contributed by atoms with Gasteiger partial charge in [0.15, 0.2) is 0 Å². The summed E-state index contributed by atoms with van der Waals surface area (Å²) in [6.07, 6.45) is 0. The van der Waals surface area contributed by atoms with Gasteiger partial charge < -0.3 is 15.6 Å². The van der Waals surface area contributed by atoms with Crippen LogP contribution in [0.3, 0.4) is 0 Å². The number of halogens is 1. The molecule has 5 nitrogen and oxygen atoms in total. The third kappa shape index (κ3) is 3.05. The van der Waals surface area contributed by atoms with Crippen LogP contribution in [0.25, 0.3) is 22.2 Å². The van der Waals surface area contributed by atoms with Gasteiger partial charge in [0.25, 0.3) is 11.8 Å². The first-order valence-corrected chi connectivity index (χ1v) is 9.57. The minimum Gasteiger partial charge on any atom is -0.355 e. The average molecular weight is 402 g/mol. The highest BCUT2D eigenvalue weighted by molar-refractivity contribution is 6.32. The largest absolute Gasteiger partial charge is 0.355 e. The van der Waals surface area contributed by atoms with Crippen LogP contribution in [0, 0.1) is 0 Å². The summed E-state index contributed by atoms with van der Waals surface area (Å²) < 4.78 is 0. The molecule has 3 N–H and O–H groups in total. The second kappa shape index (κ2) is 6.79. The fraction of sp³-hybridized carbons (Fsp3) is 0.0435. The number of carbonyl (C=O) groups excluding carboxylic acids is 2. The Balaban J connectivity index is 1.52. The molecule has 0 saturated carbocycles. The van der Waals surface area contributed by atoms with Crippen molar-refractivity contribution < 1.29 is 9.59 Å². The number of rotatable bonds is 3. The van der Waals surface area contributed by atoms with Crippen LogP contribution < -0.4 is 10.6 Å². The number of aromatic amines is 1. The number of hydrogen-bond donors (Lipinski definition) is 3. The van der Waals surface area contributed by atoms with Gasteiger partial charge in [0.2, 0.25) is 0 Å². The number of nitrogens with one attached hydrogen (secondary N) is 3. The number of carbonyl (C=O) groups is 2. The number of fused-ring (bicyclic) bond motifs is 2. The smallest absolute Gasteiger partial charge is 0.255 e. The molecule has 2 heterocycles. The zero-order valence-electron chi connectivity index (χ0n) is 15.3. The first-order chi connectivity index (χ1) is 14.1. The predicted molar refractivity (Wildman–Crippen MR) is 114 cm³/mol. The zero-order valence-corrected chi connectivity index (χ0v) is 16.0. The lowest BCUT2D eigenvalue weighted by atomic mass is 10.0. The molecular weight excluding hydrogens is 386 g/mol. The van der Waals surface area contributed by atoms with E-state index in [-0.39, 0.29) is 11.8 Å².